The molecular weight excluding hydrogens is 217 g/mol. The maximum absolute atomic E-state index is 13.1. The predicted molar refractivity (Wildman–Crippen MR) is 66.4 cm³/mol. The van der Waals surface area contributed by atoms with Crippen LogP contribution >= 0.6 is 0 Å². The third kappa shape index (κ3) is 3.27. The Morgan fingerprint density at radius 2 is 2.12 bits per heavy atom. The van der Waals surface area contributed by atoms with Crippen LogP contribution in [0, 0.1) is 18.7 Å². The zero-order valence-electron chi connectivity index (χ0n) is 10.2. The fourth-order valence-electron chi connectivity index (χ4n) is 2.48. The molecule has 0 aliphatic carbocycles. The Labute approximate surface area is 102 Å². The van der Waals surface area contributed by atoms with Gasteiger partial charge in [0.15, 0.2) is 0 Å². The first-order valence-corrected chi connectivity index (χ1v) is 6.30. The summed E-state index contributed by atoms with van der Waals surface area (Å²) >= 11 is 0. The molecule has 1 atom stereocenters. The van der Waals surface area contributed by atoms with Crippen molar-refractivity contribution < 1.29 is 9.50 Å². The molecule has 0 spiro atoms. The van der Waals surface area contributed by atoms with Gasteiger partial charge in [-0.05, 0) is 68.5 Å². The molecule has 0 aromatic heterocycles. The Balaban J connectivity index is 2.01. The zero-order chi connectivity index (χ0) is 12.3. The Morgan fingerprint density at radius 3 is 2.82 bits per heavy atom. The molecule has 1 aromatic rings. The van der Waals surface area contributed by atoms with E-state index in [-0.39, 0.29) is 11.9 Å². The molecule has 1 unspecified atom stereocenters. The average molecular weight is 237 g/mol. The van der Waals surface area contributed by atoms with Crippen molar-refractivity contribution in [3.05, 3.63) is 35.1 Å². The minimum atomic E-state index is -0.349. The Bertz CT molecular complexity index is 374. The summed E-state index contributed by atoms with van der Waals surface area (Å²) in [6, 6.07) is 4.79. The van der Waals surface area contributed by atoms with E-state index in [2.05, 4.69) is 5.32 Å². The lowest BCUT2D eigenvalue weighted by Gasteiger charge is -2.27. The number of rotatable bonds is 3. The molecule has 2 rings (SSSR count). The van der Waals surface area contributed by atoms with Crippen LogP contribution in [0.25, 0.3) is 0 Å². The first kappa shape index (κ1) is 12.5. The van der Waals surface area contributed by atoms with Crippen molar-refractivity contribution in [1.82, 2.24) is 5.32 Å². The lowest BCUT2D eigenvalue weighted by atomic mass is 9.88. The summed E-state index contributed by atoms with van der Waals surface area (Å²) < 4.78 is 13.1. The fourth-order valence-corrected chi connectivity index (χ4v) is 2.48. The van der Waals surface area contributed by atoms with E-state index in [1.54, 1.807) is 12.1 Å². The highest BCUT2D eigenvalue weighted by molar-refractivity contribution is 5.27. The standard InChI is InChI=1S/C14H20FNO/c1-10-2-3-13(15)8-12(10)9-14(17)11-4-6-16-7-5-11/h2-3,8,11,14,16-17H,4-7,9H2,1H3. The maximum Gasteiger partial charge on any atom is 0.123 e. The van der Waals surface area contributed by atoms with Crippen molar-refractivity contribution in [2.24, 2.45) is 5.92 Å². The van der Waals surface area contributed by atoms with Crippen molar-refractivity contribution in [3.63, 3.8) is 0 Å². The van der Waals surface area contributed by atoms with Gasteiger partial charge in [-0.3, -0.25) is 0 Å². The predicted octanol–water partition coefficient (Wildman–Crippen LogP) is 2.04. The molecule has 0 saturated carbocycles. The molecule has 2 N–H and O–H groups in total. The highest BCUT2D eigenvalue weighted by atomic mass is 19.1. The molecule has 1 heterocycles. The summed E-state index contributed by atoms with van der Waals surface area (Å²) in [5.41, 5.74) is 1.98. The van der Waals surface area contributed by atoms with Gasteiger partial charge >= 0.3 is 0 Å². The third-order valence-electron chi connectivity index (χ3n) is 3.67. The molecule has 1 aliphatic heterocycles. The molecule has 1 fully saturated rings. The smallest absolute Gasteiger partial charge is 0.123 e. The largest absolute Gasteiger partial charge is 0.392 e. The number of aliphatic hydroxyl groups excluding tert-OH is 1. The van der Waals surface area contributed by atoms with E-state index in [0.717, 1.165) is 37.1 Å². The van der Waals surface area contributed by atoms with Crippen LogP contribution in [0.3, 0.4) is 0 Å². The fraction of sp³-hybridized carbons (Fsp3) is 0.571. The normalized spacial score (nSPS) is 19.2. The van der Waals surface area contributed by atoms with Crippen LogP contribution in [0.5, 0.6) is 0 Å². The van der Waals surface area contributed by atoms with Crippen LogP contribution in [0.1, 0.15) is 24.0 Å². The van der Waals surface area contributed by atoms with Crippen LogP contribution in [0.4, 0.5) is 4.39 Å². The molecule has 3 heteroatoms. The van der Waals surface area contributed by atoms with Gasteiger partial charge in [-0.1, -0.05) is 6.07 Å². The molecule has 94 valence electrons. The molecular formula is C14H20FNO. The molecule has 1 aliphatic rings. The van der Waals surface area contributed by atoms with Gasteiger partial charge in [0, 0.05) is 0 Å². The van der Waals surface area contributed by atoms with E-state index >= 15 is 0 Å². The van der Waals surface area contributed by atoms with Gasteiger partial charge < -0.3 is 10.4 Å². The van der Waals surface area contributed by atoms with Gasteiger partial charge in [-0.25, -0.2) is 4.39 Å². The lowest BCUT2D eigenvalue weighted by molar-refractivity contribution is 0.0889. The Hall–Kier alpha value is -0.930. The van der Waals surface area contributed by atoms with Gasteiger partial charge in [0.05, 0.1) is 6.10 Å². The topological polar surface area (TPSA) is 32.3 Å². The number of aryl methyl sites for hydroxylation is 1. The number of halogens is 1. The first-order chi connectivity index (χ1) is 8.16. The number of aliphatic hydroxyl groups is 1. The molecule has 1 saturated heterocycles. The summed E-state index contributed by atoms with van der Waals surface area (Å²) in [5, 5.41) is 13.5. The van der Waals surface area contributed by atoms with Gasteiger partial charge in [-0.2, -0.15) is 0 Å². The molecule has 1 aromatic carbocycles. The van der Waals surface area contributed by atoms with E-state index in [4.69, 9.17) is 0 Å². The zero-order valence-corrected chi connectivity index (χ0v) is 10.2. The van der Waals surface area contributed by atoms with Crippen LogP contribution in [-0.2, 0) is 6.42 Å². The van der Waals surface area contributed by atoms with Crippen LogP contribution in [0.2, 0.25) is 0 Å². The van der Waals surface area contributed by atoms with E-state index in [1.807, 2.05) is 6.92 Å². The molecule has 0 radical (unpaired) electrons. The number of nitrogens with one attached hydrogen (secondary N) is 1. The van der Waals surface area contributed by atoms with Crippen molar-refractivity contribution in [3.8, 4) is 0 Å². The maximum atomic E-state index is 13.1. The van der Waals surface area contributed by atoms with Crippen molar-refractivity contribution in [2.75, 3.05) is 13.1 Å². The summed E-state index contributed by atoms with van der Waals surface area (Å²) in [6.45, 7) is 3.91. The van der Waals surface area contributed by atoms with Crippen molar-refractivity contribution >= 4 is 0 Å². The number of hydrogen-bond acceptors (Lipinski definition) is 2. The van der Waals surface area contributed by atoms with E-state index in [9.17, 15) is 9.50 Å². The lowest BCUT2D eigenvalue weighted by Crippen LogP contribution is -2.35. The average Bonchev–Trinajstić information content (AvgIpc) is 2.35. The third-order valence-corrected chi connectivity index (χ3v) is 3.67. The molecule has 0 amide bonds. The number of benzene rings is 1. The minimum Gasteiger partial charge on any atom is -0.392 e. The minimum absolute atomic E-state index is 0.219. The van der Waals surface area contributed by atoms with Crippen LogP contribution in [0.15, 0.2) is 18.2 Å². The summed E-state index contributed by atoms with van der Waals surface area (Å²) in [6.07, 6.45) is 2.23. The highest BCUT2D eigenvalue weighted by Gasteiger charge is 2.22. The van der Waals surface area contributed by atoms with Crippen molar-refractivity contribution in [2.45, 2.75) is 32.3 Å². The van der Waals surface area contributed by atoms with Crippen LogP contribution < -0.4 is 5.32 Å². The second-order valence-electron chi connectivity index (χ2n) is 4.93. The molecule has 2 nitrogen and oxygen atoms in total. The van der Waals surface area contributed by atoms with Gasteiger partial charge in [0.25, 0.3) is 0 Å². The monoisotopic (exact) mass is 237 g/mol. The van der Waals surface area contributed by atoms with Crippen LogP contribution in [-0.4, -0.2) is 24.3 Å². The van der Waals surface area contributed by atoms with Crippen molar-refractivity contribution in [1.29, 1.82) is 0 Å². The summed E-state index contributed by atoms with van der Waals surface area (Å²) in [5.74, 6) is 0.127. The van der Waals surface area contributed by atoms with Gasteiger partial charge in [-0.15, -0.1) is 0 Å². The Kier molecular flexibility index (Phi) is 4.13. The second-order valence-corrected chi connectivity index (χ2v) is 4.93. The van der Waals surface area contributed by atoms with Gasteiger partial charge in [0.1, 0.15) is 5.82 Å². The second kappa shape index (κ2) is 5.61. The summed E-state index contributed by atoms with van der Waals surface area (Å²) in [7, 11) is 0. The number of piperidine rings is 1. The molecule has 0 bridgehead atoms. The first-order valence-electron chi connectivity index (χ1n) is 6.30. The van der Waals surface area contributed by atoms with E-state index in [1.165, 1.54) is 6.07 Å². The Morgan fingerprint density at radius 1 is 1.41 bits per heavy atom. The number of hydrogen-bond donors (Lipinski definition) is 2. The van der Waals surface area contributed by atoms with Gasteiger partial charge in [0.2, 0.25) is 0 Å². The van der Waals surface area contributed by atoms with E-state index in [0.29, 0.717) is 12.3 Å². The molecule has 17 heavy (non-hydrogen) atoms. The van der Waals surface area contributed by atoms with E-state index < -0.39 is 0 Å². The summed E-state index contributed by atoms with van der Waals surface area (Å²) in [4.78, 5) is 0. The SMILES string of the molecule is Cc1ccc(F)cc1CC(O)C1CCNCC1. The highest BCUT2D eigenvalue weighted by Crippen LogP contribution is 2.21. The quantitative estimate of drug-likeness (QED) is 0.843.